The van der Waals surface area contributed by atoms with Crippen LogP contribution in [0.1, 0.15) is 77.1 Å². The zero-order valence-electron chi connectivity index (χ0n) is 21.6. The van der Waals surface area contributed by atoms with Crippen molar-refractivity contribution in [2.45, 2.75) is 57.4 Å². The highest BCUT2D eigenvalue weighted by atomic mass is 16.1. The molecule has 1 unspecified atom stereocenters. The Hall–Kier alpha value is -3.56. The van der Waals surface area contributed by atoms with E-state index in [1.807, 2.05) is 26.0 Å². The number of fused-ring (bicyclic) bond motifs is 2. The van der Waals surface area contributed by atoms with Gasteiger partial charge >= 0.3 is 0 Å². The molecule has 1 aromatic heterocycles. The third kappa shape index (κ3) is 4.53. The average Bonchev–Trinajstić information content (AvgIpc) is 3.65. The van der Waals surface area contributed by atoms with Crippen LogP contribution in [0.2, 0.25) is 0 Å². The second-order valence-electron chi connectivity index (χ2n) is 10.2. The molecule has 0 saturated heterocycles. The number of aromatic nitrogens is 4. The van der Waals surface area contributed by atoms with Crippen molar-refractivity contribution in [1.82, 2.24) is 30.9 Å². The number of carbonyl (C=O) groups excluding carboxylic acids is 1. The third-order valence-corrected chi connectivity index (χ3v) is 7.91. The van der Waals surface area contributed by atoms with Crippen LogP contribution in [-0.4, -0.2) is 50.7 Å². The highest BCUT2D eigenvalue weighted by Crippen LogP contribution is 2.49. The summed E-state index contributed by atoms with van der Waals surface area (Å²) in [6.45, 7) is 9.37. The van der Waals surface area contributed by atoms with Crippen LogP contribution in [0.5, 0.6) is 0 Å². The zero-order valence-corrected chi connectivity index (χ0v) is 21.6. The van der Waals surface area contributed by atoms with Crippen molar-refractivity contribution in [2.75, 3.05) is 13.1 Å². The molecule has 9 nitrogen and oxygen atoms in total. The zero-order chi connectivity index (χ0) is 26.2. The van der Waals surface area contributed by atoms with E-state index in [-0.39, 0.29) is 11.9 Å². The Morgan fingerprint density at radius 1 is 1.16 bits per heavy atom. The smallest absolute Gasteiger partial charge is 0.251 e. The number of carbonyl (C=O) groups is 1. The van der Waals surface area contributed by atoms with E-state index in [0.717, 1.165) is 53.6 Å². The second-order valence-corrected chi connectivity index (χ2v) is 10.2. The lowest BCUT2D eigenvalue weighted by atomic mass is 9.67. The van der Waals surface area contributed by atoms with Crippen LogP contribution in [0, 0.1) is 5.92 Å². The van der Waals surface area contributed by atoms with Gasteiger partial charge in [-0.3, -0.25) is 4.79 Å². The van der Waals surface area contributed by atoms with Crippen LogP contribution in [0.15, 0.2) is 43.0 Å². The number of nitrogens with one attached hydrogen (secondary N) is 2. The third-order valence-electron chi connectivity index (χ3n) is 7.91. The molecule has 2 aromatic carbocycles. The molecule has 1 heterocycles. The number of rotatable bonds is 9. The molecule has 0 bridgehead atoms. The fourth-order valence-corrected chi connectivity index (χ4v) is 5.73. The molecular formula is C28H36N8O. The SMILES string of the molecule is C=C(c1ccc2c(c1)CCc1cc(C(=O)NCC)ccc1C2(C[C@@H](N)C1CC1)c1nn[nH]n1)N(N)CC. The molecule has 2 aliphatic rings. The van der Waals surface area contributed by atoms with Gasteiger partial charge in [0.25, 0.3) is 5.91 Å². The number of hydrogen-bond donors (Lipinski definition) is 4. The van der Waals surface area contributed by atoms with Gasteiger partial charge in [-0.05, 0) is 97.9 Å². The molecule has 9 heteroatoms. The van der Waals surface area contributed by atoms with E-state index in [1.54, 1.807) is 5.01 Å². The summed E-state index contributed by atoms with van der Waals surface area (Å²) in [5.74, 6) is 7.19. The van der Waals surface area contributed by atoms with Gasteiger partial charge < -0.3 is 16.1 Å². The van der Waals surface area contributed by atoms with Crippen LogP contribution < -0.4 is 16.9 Å². The van der Waals surface area contributed by atoms with Gasteiger partial charge in [0.15, 0.2) is 5.82 Å². The predicted octanol–water partition coefficient (Wildman–Crippen LogP) is 2.68. The lowest BCUT2D eigenvalue weighted by molar-refractivity contribution is 0.0955. The number of benzene rings is 2. The number of aromatic amines is 1. The number of hydrazine groups is 1. The van der Waals surface area contributed by atoms with E-state index in [2.05, 4.69) is 56.8 Å². The first kappa shape index (κ1) is 25.1. The van der Waals surface area contributed by atoms with Crippen LogP contribution in [-0.2, 0) is 18.3 Å². The van der Waals surface area contributed by atoms with Crippen molar-refractivity contribution in [3.63, 3.8) is 0 Å². The summed E-state index contributed by atoms with van der Waals surface area (Å²) in [5, 5.41) is 20.3. The average molecular weight is 501 g/mol. The molecule has 1 saturated carbocycles. The first-order valence-corrected chi connectivity index (χ1v) is 13.1. The highest BCUT2D eigenvalue weighted by Gasteiger charge is 2.47. The number of hydrogen-bond acceptors (Lipinski definition) is 7. The lowest BCUT2D eigenvalue weighted by Gasteiger charge is -2.36. The van der Waals surface area contributed by atoms with E-state index in [9.17, 15) is 4.79 Å². The first-order valence-electron chi connectivity index (χ1n) is 13.1. The fraction of sp³-hybridized carbons (Fsp3) is 0.429. The maximum atomic E-state index is 12.7. The van der Waals surface area contributed by atoms with E-state index >= 15 is 0 Å². The van der Waals surface area contributed by atoms with Crippen molar-refractivity contribution in [1.29, 1.82) is 0 Å². The summed E-state index contributed by atoms with van der Waals surface area (Å²) in [6.07, 6.45) is 4.49. The summed E-state index contributed by atoms with van der Waals surface area (Å²) in [6, 6.07) is 12.4. The minimum atomic E-state index is -0.705. The standard InChI is InChI=1S/C28H36N8O/c1-4-31-26(37)22-11-13-24-21(15-22)9-8-20-14-19(17(3)36(30)5-2)10-12-23(20)28(24,27-32-34-35-33-27)16-25(29)18-6-7-18/h10-15,18,25H,3-9,16,29-30H2,1-2H3,(H,31,37)(H,32,33,34,35)/t25-,28?/m1/s1. The molecule has 2 aliphatic carbocycles. The molecule has 2 atom stereocenters. The summed E-state index contributed by atoms with van der Waals surface area (Å²) in [5.41, 5.74) is 13.0. The molecule has 6 N–H and O–H groups in total. The normalized spacial score (nSPS) is 19.4. The quantitative estimate of drug-likeness (QED) is 0.262. The Morgan fingerprint density at radius 2 is 1.81 bits per heavy atom. The number of amides is 1. The van der Waals surface area contributed by atoms with E-state index in [1.165, 1.54) is 5.56 Å². The van der Waals surface area contributed by atoms with Crippen molar-refractivity contribution in [3.8, 4) is 0 Å². The Bertz CT molecular complexity index is 1300. The number of aryl methyl sites for hydroxylation is 2. The topological polar surface area (TPSA) is 139 Å². The van der Waals surface area contributed by atoms with Crippen molar-refractivity contribution >= 4 is 11.6 Å². The molecule has 194 valence electrons. The minimum Gasteiger partial charge on any atom is -0.352 e. The molecule has 37 heavy (non-hydrogen) atoms. The van der Waals surface area contributed by atoms with Crippen molar-refractivity contribution in [3.05, 3.63) is 82.2 Å². The van der Waals surface area contributed by atoms with Gasteiger partial charge in [-0.2, -0.15) is 5.21 Å². The number of tetrazole rings is 1. The molecule has 0 aliphatic heterocycles. The lowest BCUT2D eigenvalue weighted by Crippen LogP contribution is -2.40. The van der Waals surface area contributed by atoms with Crippen molar-refractivity contribution in [2.24, 2.45) is 17.5 Å². The van der Waals surface area contributed by atoms with Crippen LogP contribution in [0.4, 0.5) is 0 Å². The minimum absolute atomic E-state index is 0.0189. The Morgan fingerprint density at radius 3 is 2.38 bits per heavy atom. The molecule has 3 aromatic rings. The van der Waals surface area contributed by atoms with Crippen molar-refractivity contribution < 1.29 is 4.79 Å². The number of nitrogens with zero attached hydrogens (tertiary/aromatic N) is 4. The maximum Gasteiger partial charge on any atom is 0.251 e. The van der Waals surface area contributed by atoms with Gasteiger partial charge in [0.1, 0.15) is 0 Å². The molecule has 5 rings (SSSR count). The fourth-order valence-electron chi connectivity index (χ4n) is 5.73. The Balaban J connectivity index is 1.72. The van der Waals surface area contributed by atoms with Gasteiger partial charge in [-0.15, -0.1) is 10.2 Å². The summed E-state index contributed by atoms with van der Waals surface area (Å²) >= 11 is 0. The number of H-pyrrole nitrogens is 1. The van der Waals surface area contributed by atoms with E-state index in [4.69, 9.17) is 11.6 Å². The Labute approximate surface area is 217 Å². The second kappa shape index (κ2) is 10.1. The molecule has 0 spiro atoms. The van der Waals surface area contributed by atoms with Gasteiger partial charge in [0.2, 0.25) is 0 Å². The maximum absolute atomic E-state index is 12.7. The molecule has 1 amide bonds. The van der Waals surface area contributed by atoms with Crippen LogP contribution in [0.25, 0.3) is 5.70 Å². The highest BCUT2D eigenvalue weighted by molar-refractivity contribution is 5.94. The van der Waals surface area contributed by atoms with E-state index in [0.29, 0.717) is 36.8 Å². The molecule has 1 fully saturated rings. The van der Waals surface area contributed by atoms with E-state index < -0.39 is 5.41 Å². The number of nitrogens with two attached hydrogens (primary N) is 2. The Kier molecular flexibility index (Phi) is 6.83. The monoisotopic (exact) mass is 500 g/mol. The first-order chi connectivity index (χ1) is 17.9. The van der Waals surface area contributed by atoms with Crippen LogP contribution >= 0.6 is 0 Å². The molecule has 0 radical (unpaired) electrons. The summed E-state index contributed by atoms with van der Waals surface area (Å²) < 4.78 is 0. The van der Waals surface area contributed by atoms with Gasteiger partial charge in [-0.1, -0.05) is 30.0 Å². The van der Waals surface area contributed by atoms with Crippen LogP contribution in [0.3, 0.4) is 0 Å². The molecular weight excluding hydrogens is 464 g/mol. The van der Waals surface area contributed by atoms with Gasteiger partial charge in [0.05, 0.1) is 11.1 Å². The summed E-state index contributed by atoms with van der Waals surface area (Å²) in [4.78, 5) is 12.7. The predicted molar refractivity (Wildman–Crippen MR) is 143 cm³/mol. The largest absolute Gasteiger partial charge is 0.352 e. The van der Waals surface area contributed by atoms with Gasteiger partial charge in [0, 0.05) is 24.7 Å². The van der Waals surface area contributed by atoms with Gasteiger partial charge in [-0.25, -0.2) is 5.84 Å². The summed E-state index contributed by atoms with van der Waals surface area (Å²) in [7, 11) is 0.